The molecule has 0 spiro atoms. The molecule has 268 valence electrons. The molecule has 4 rings (SSSR count). The van der Waals surface area contributed by atoms with Crippen molar-refractivity contribution in [1.29, 1.82) is 0 Å². The highest BCUT2D eigenvalue weighted by Crippen LogP contribution is 2.31. The zero-order chi connectivity index (χ0) is 36.8. The molecular formula is C46H54O5. The molecule has 0 aliphatic rings. The minimum Gasteiger partial charge on any atom is -0.462 e. The molecule has 0 fully saturated rings. The average molecular weight is 687 g/mol. The molecule has 4 aromatic rings. The molecule has 0 saturated carbocycles. The van der Waals surface area contributed by atoms with Gasteiger partial charge in [-0.1, -0.05) is 125 Å². The van der Waals surface area contributed by atoms with Crippen molar-refractivity contribution >= 4 is 11.9 Å². The maximum atomic E-state index is 12.0. The number of aliphatic hydroxyl groups is 1. The first-order valence-corrected chi connectivity index (χ1v) is 18.3. The Hall–Kier alpha value is -4.74. The molecule has 0 aromatic heterocycles. The molecule has 4 aromatic carbocycles. The van der Waals surface area contributed by atoms with Crippen LogP contribution in [0.5, 0.6) is 0 Å². The van der Waals surface area contributed by atoms with Gasteiger partial charge in [0.05, 0.1) is 25.4 Å². The van der Waals surface area contributed by atoms with E-state index in [1.165, 1.54) is 75.8 Å². The molecule has 0 aliphatic heterocycles. The lowest BCUT2D eigenvalue weighted by Crippen LogP contribution is -2.24. The van der Waals surface area contributed by atoms with E-state index in [2.05, 4.69) is 119 Å². The van der Waals surface area contributed by atoms with Gasteiger partial charge in [-0.05, 0) is 108 Å². The van der Waals surface area contributed by atoms with E-state index in [1.807, 2.05) is 0 Å². The van der Waals surface area contributed by atoms with Gasteiger partial charge in [-0.25, -0.2) is 9.59 Å². The standard InChI is InChI=1S/C46H54O5/c1-7-9-10-11-40-22-23-43(28-39(40)8-2)44-25-24-42(26-33(44)5)41-20-18-36(19-21-41)13-12-35-14-16-37(17-15-35)27-38(30-50-45(48)32(3)4)31-51-46(49)34(6)29-47/h14-26,28,38,47H,3,6-13,27,29-31H2,1-2,4-5H3. The van der Waals surface area contributed by atoms with Crippen molar-refractivity contribution in [2.45, 2.75) is 79.1 Å². The fourth-order valence-electron chi connectivity index (χ4n) is 6.27. The maximum Gasteiger partial charge on any atom is 0.335 e. The first kappa shape index (κ1) is 39.1. The highest BCUT2D eigenvalue weighted by atomic mass is 16.5. The van der Waals surface area contributed by atoms with Gasteiger partial charge < -0.3 is 14.6 Å². The summed E-state index contributed by atoms with van der Waals surface area (Å²) in [6, 6.07) is 31.1. The van der Waals surface area contributed by atoms with E-state index in [4.69, 9.17) is 14.6 Å². The Bertz CT molecular complexity index is 1780. The third kappa shape index (κ3) is 11.7. The van der Waals surface area contributed by atoms with Crippen LogP contribution in [-0.4, -0.2) is 36.9 Å². The van der Waals surface area contributed by atoms with Gasteiger partial charge in [0.15, 0.2) is 0 Å². The van der Waals surface area contributed by atoms with E-state index in [0.29, 0.717) is 12.0 Å². The molecule has 1 unspecified atom stereocenters. The van der Waals surface area contributed by atoms with Gasteiger partial charge in [0, 0.05) is 11.5 Å². The summed E-state index contributed by atoms with van der Waals surface area (Å²) in [5.74, 6) is -1.40. The van der Waals surface area contributed by atoms with Crippen LogP contribution in [0.3, 0.4) is 0 Å². The summed E-state index contributed by atoms with van der Waals surface area (Å²) in [7, 11) is 0. The molecule has 1 atom stereocenters. The summed E-state index contributed by atoms with van der Waals surface area (Å²) in [5, 5.41) is 9.16. The van der Waals surface area contributed by atoms with Crippen LogP contribution in [0.25, 0.3) is 22.3 Å². The van der Waals surface area contributed by atoms with Crippen molar-refractivity contribution in [2.24, 2.45) is 5.92 Å². The minimum atomic E-state index is -0.662. The van der Waals surface area contributed by atoms with Crippen LogP contribution in [0.2, 0.25) is 0 Å². The van der Waals surface area contributed by atoms with Gasteiger partial charge >= 0.3 is 11.9 Å². The smallest absolute Gasteiger partial charge is 0.335 e. The number of unbranched alkanes of at least 4 members (excludes halogenated alkanes) is 2. The van der Waals surface area contributed by atoms with Crippen LogP contribution in [0, 0.1) is 12.8 Å². The Morgan fingerprint density at radius 1 is 0.686 bits per heavy atom. The van der Waals surface area contributed by atoms with Crippen molar-refractivity contribution < 1.29 is 24.2 Å². The number of carbonyl (C=O) groups excluding carboxylic acids is 2. The third-order valence-corrected chi connectivity index (χ3v) is 9.44. The lowest BCUT2D eigenvalue weighted by Gasteiger charge is -2.18. The second kappa shape index (κ2) is 19.6. The highest BCUT2D eigenvalue weighted by molar-refractivity contribution is 5.88. The number of esters is 2. The molecule has 0 amide bonds. The molecular weight excluding hydrogens is 633 g/mol. The van der Waals surface area contributed by atoms with Gasteiger partial charge in [-0.2, -0.15) is 0 Å². The summed E-state index contributed by atoms with van der Waals surface area (Å²) >= 11 is 0. The van der Waals surface area contributed by atoms with Crippen molar-refractivity contribution in [3.05, 3.63) is 143 Å². The summed E-state index contributed by atoms with van der Waals surface area (Å²) in [4.78, 5) is 24.0. The number of carbonyl (C=O) groups is 2. The van der Waals surface area contributed by atoms with E-state index in [0.717, 1.165) is 24.8 Å². The fraction of sp³-hybridized carbons (Fsp3) is 0.348. The summed E-state index contributed by atoms with van der Waals surface area (Å²) < 4.78 is 10.7. The van der Waals surface area contributed by atoms with Crippen LogP contribution in [-0.2, 0) is 51.2 Å². The Labute approximate surface area is 305 Å². The van der Waals surface area contributed by atoms with Gasteiger partial charge in [0.1, 0.15) is 0 Å². The predicted molar refractivity (Wildman–Crippen MR) is 209 cm³/mol. The normalized spacial score (nSPS) is 11.5. The quantitative estimate of drug-likeness (QED) is 0.0604. The first-order valence-electron chi connectivity index (χ1n) is 18.3. The molecule has 1 N–H and O–H groups in total. The number of aliphatic hydroxyl groups excluding tert-OH is 1. The minimum absolute atomic E-state index is 0.0177. The first-order chi connectivity index (χ1) is 24.6. The Morgan fingerprint density at radius 3 is 1.86 bits per heavy atom. The van der Waals surface area contributed by atoms with Crippen LogP contribution in [0.1, 0.15) is 73.4 Å². The number of hydrogen-bond acceptors (Lipinski definition) is 5. The topological polar surface area (TPSA) is 72.8 Å². The SMILES string of the molecule is C=C(C)C(=O)OCC(COC(=O)C(=C)CO)Cc1ccc(CCc2ccc(-c3ccc(-c4ccc(CCCCC)c(CC)c4)c(C)c3)cc2)cc1. The monoisotopic (exact) mass is 686 g/mol. The summed E-state index contributed by atoms with van der Waals surface area (Å²) in [6.45, 7) is 15.1. The Balaban J connectivity index is 1.34. The predicted octanol–water partition coefficient (Wildman–Crippen LogP) is 9.78. The Morgan fingerprint density at radius 2 is 1.27 bits per heavy atom. The van der Waals surface area contributed by atoms with E-state index in [9.17, 15) is 9.59 Å². The fourth-order valence-corrected chi connectivity index (χ4v) is 6.27. The van der Waals surface area contributed by atoms with E-state index >= 15 is 0 Å². The van der Waals surface area contributed by atoms with E-state index in [-0.39, 0.29) is 24.7 Å². The van der Waals surface area contributed by atoms with Crippen LogP contribution < -0.4 is 0 Å². The lowest BCUT2D eigenvalue weighted by molar-refractivity contribution is -0.144. The van der Waals surface area contributed by atoms with Crippen LogP contribution >= 0.6 is 0 Å². The second-order valence-electron chi connectivity index (χ2n) is 13.6. The molecule has 5 heteroatoms. The van der Waals surface area contributed by atoms with Gasteiger partial charge in [-0.3, -0.25) is 0 Å². The molecule has 0 saturated heterocycles. The molecule has 51 heavy (non-hydrogen) atoms. The zero-order valence-electron chi connectivity index (χ0n) is 30.9. The molecule has 0 heterocycles. The third-order valence-electron chi connectivity index (χ3n) is 9.44. The van der Waals surface area contributed by atoms with Crippen molar-refractivity contribution in [2.75, 3.05) is 19.8 Å². The van der Waals surface area contributed by atoms with Crippen LogP contribution in [0.4, 0.5) is 0 Å². The summed E-state index contributed by atoms with van der Waals surface area (Å²) in [6.07, 6.45) is 8.41. The second-order valence-corrected chi connectivity index (χ2v) is 13.6. The molecule has 0 bridgehead atoms. The van der Waals surface area contributed by atoms with Gasteiger partial charge in [0.2, 0.25) is 0 Å². The van der Waals surface area contributed by atoms with Crippen molar-refractivity contribution in [3.63, 3.8) is 0 Å². The van der Waals surface area contributed by atoms with Gasteiger partial charge in [0.25, 0.3) is 0 Å². The van der Waals surface area contributed by atoms with E-state index in [1.54, 1.807) is 6.92 Å². The lowest BCUT2D eigenvalue weighted by atomic mass is 9.91. The summed E-state index contributed by atoms with van der Waals surface area (Å²) in [5.41, 5.74) is 13.1. The van der Waals surface area contributed by atoms with Gasteiger partial charge in [-0.15, -0.1) is 0 Å². The number of rotatable bonds is 19. The highest BCUT2D eigenvalue weighted by Gasteiger charge is 2.18. The van der Waals surface area contributed by atoms with Crippen molar-refractivity contribution in [1.82, 2.24) is 0 Å². The molecule has 0 aliphatic carbocycles. The largest absolute Gasteiger partial charge is 0.462 e. The van der Waals surface area contributed by atoms with Crippen LogP contribution in [0.15, 0.2) is 109 Å². The molecule has 0 radical (unpaired) electrons. The Kier molecular flexibility index (Phi) is 15.0. The number of hydrogen-bond donors (Lipinski definition) is 1. The number of benzene rings is 4. The average Bonchev–Trinajstić information content (AvgIpc) is 3.15. The maximum absolute atomic E-state index is 12.0. The number of ether oxygens (including phenoxy) is 2. The molecule has 5 nitrogen and oxygen atoms in total. The van der Waals surface area contributed by atoms with E-state index < -0.39 is 18.5 Å². The number of aryl methyl sites for hydroxylation is 5. The van der Waals surface area contributed by atoms with Crippen molar-refractivity contribution in [3.8, 4) is 22.3 Å². The zero-order valence-corrected chi connectivity index (χ0v) is 30.9.